The molecule has 2 heterocycles. The zero-order valence-corrected chi connectivity index (χ0v) is 19.1. The second kappa shape index (κ2) is 8.84. The van der Waals surface area contributed by atoms with Gasteiger partial charge in [-0.2, -0.15) is 4.31 Å². The lowest BCUT2D eigenvalue weighted by Crippen LogP contribution is -2.44. The molecule has 0 aliphatic carbocycles. The van der Waals surface area contributed by atoms with Crippen LogP contribution in [0.3, 0.4) is 0 Å². The number of H-pyrrole nitrogens is 1. The van der Waals surface area contributed by atoms with Crippen molar-refractivity contribution in [1.82, 2.24) is 9.29 Å². The zero-order chi connectivity index (χ0) is 22.9. The van der Waals surface area contributed by atoms with Crippen LogP contribution in [-0.2, 0) is 16.4 Å². The second-order valence-electron chi connectivity index (χ2n) is 8.28. The molecule has 32 heavy (non-hydrogen) atoms. The molecule has 0 atom stereocenters. The molecule has 0 unspecified atom stereocenters. The van der Waals surface area contributed by atoms with Crippen molar-refractivity contribution in [2.45, 2.75) is 42.7 Å². The Morgan fingerprint density at radius 3 is 2.50 bits per heavy atom. The maximum absolute atomic E-state index is 15.4. The normalized spacial score (nSPS) is 16.9. The molecule has 0 bridgehead atoms. The Kier molecular flexibility index (Phi) is 6.29. The van der Waals surface area contributed by atoms with Crippen molar-refractivity contribution in [3.63, 3.8) is 0 Å². The number of carbonyl (C=O) groups is 1. The maximum Gasteiger partial charge on any atom is 0.266 e. The molecule has 1 amide bonds. The Morgan fingerprint density at radius 1 is 1.16 bits per heavy atom. The molecule has 170 valence electrons. The quantitative estimate of drug-likeness (QED) is 0.526. The van der Waals surface area contributed by atoms with Gasteiger partial charge in [0, 0.05) is 29.0 Å². The van der Waals surface area contributed by atoms with E-state index in [2.05, 4.69) is 4.98 Å². The number of benzene rings is 2. The fourth-order valence-corrected chi connectivity index (χ4v) is 6.29. The Hall–Kier alpha value is -2.42. The Bertz CT molecular complexity index is 1240. The van der Waals surface area contributed by atoms with E-state index >= 15 is 4.39 Å². The van der Waals surface area contributed by atoms with E-state index < -0.39 is 21.6 Å². The minimum absolute atomic E-state index is 0.0373. The first-order valence-electron chi connectivity index (χ1n) is 10.5. The molecule has 3 N–H and O–H groups in total. The number of hydrogen-bond donors (Lipinski definition) is 2. The van der Waals surface area contributed by atoms with E-state index in [4.69, 9.17) is 17.3 Å². The predicted octanol–water partition coefficient (Wildman–Crippen LogP) is 4.44. The van der Waals surface area contributed by atoms with Gasteiger partial charge in [-0.1, -0.05) is 41.9 Å². The Balaban J connectivity index is 1.50. The molecular weight excluding hydrogens is 453 g/mol. The van der Waals surface area contributed by atoms with Crippen molar-refractivity contribution in [2.24, 2.45) is 5.73 Å². The van der Waals surface area contributed by atoms with Gasteiger partial charge in [0.05, 0.1) is 0 Å². The summed E-state index contributed by atoms with van der Waals surface area (Å²) in [5, 5.41) is 0.634. The number of piperidine rings is 1. The summed E-state index contributed by atoms with van der Waals surface area (Å²) in [7, 11) is -4.08. The van der Waals surface area contributed by atoms with Gasteiger partial charge in [-0.05, 0) is 55.9 Å². The van der Waals surface area contributed by atoms with Crippen LogP contribution in [-0.4, -0.2) is 42.4 Å². The number of halogens is 2. The number of fused-ring (bicyclic) bond motifs is 1. The van der Waals surface area contributed by atoms with Crippen LogP contribution in [0.2, 0.25) is 5.02 Å². The lowest BCUT2D eigenvalue weighted by atomic mass is 9.88. The summed E-state index contributed by atoms with van der Waals surface area (Å²) >= 11 is 6.06. The van der Waals surface area contributed by atoms with Gasteiger partial charge in [0.25, 0.3) is 5.91 Å². The number of aromatic nitrogens is 1. The first-order chi connectivity index (χ1) is 15.2. The molecule has 4 rings (SSSR count). The average molecular weight is 478 g/mol. The molecule has 9 heteroatoms. The average Bonchev–Trinajstić information content (AvgIpc) is 3.14. The molecule has 1 fully saturated rings. The molecule has 6 nitrogen and oxygen atoms in total. The van der Waals surface area contributed by atoms with E-state index in [9.17, 15) is 13.2 Å². The standard InChI is InChI=1S/C23H25ClFN3O3S/c24-17-8-9-19-18(15-17)21(20(27-19)22(26)29)32(30,31)28-13-11-23(25,12-14-28)10-4-7-16-5-2-1-3-6-16/h1-3,5-6,8-9,15,27H,4,7,10-14H2,(H2,26,29). The summed E-state index contributed by atoms with van der Waals surface area (Å²) in [5.41, 5.74) is 5.45. The lowest BCUT2D eigenvalue weighted by molar-refractivity contribution is 0.0772. The summed E-state index contributed by atoms with van der Waals surface area (Å²) in [6, 6.07) is 14.6. The van der Waals surface area contributed by atoms with Crippen LogP contribution in [0.1, 0.15) is 41.7 Å². The molecule has 1 saturated heterocycles. The molecule has 0 spiro atoms. The van der Waals surface area contributed by atoms with Crippen LogP contribution >= 0.6 is 11.6 Å². The first-order valence-corrected chi connectivity index (χ1v) is 12.4. The second-order valence-corrected chi connectivity index (χ2v) is 10.6. The van der Waals surface area contributed by atoms with Crippen LogP contribution < -0.4 is 5.73 Å². The Morgan fingerprint density at radius 2 is 1.84 bits per heavy atom. The molecule has 3 aromatic rings. The predicted molar refractivity (Wildman–Crippen MR) is 123 cm³/mol. The monoisotopic (exact) mass is 477 g/mol. The third kappa shape index (κ3) is 4.53. The molecular formula is C23H25ClFN3O3S. The van der Waals surface area contributed by atoms with Crippen LogP contribution in [0.5, 0.6) is 0 Å². The minimum atomic E-state index is -4.08. The van der Waals surface area contributed by atoms with E-state index in [1.165, 1.54) is 10.4 Å². The highest BCUT2D eigenvalue weighted by atomic mass is 35.5. The van der Waals surface area contributed by atoms with Crippen LogP contribution in [0.15, 0.2) is 53.4 Å². The number of amides is 1. The highest BCUT2D eigenvalue weighted by Gasteiger charge is 2.40. The third-order valence-corrected chi connectivity index (χ3v) is 8.33. The zero-order valence-electron chi connectivity index (χ0n) is 17.5. The molecule has 1 aliphatic rings. The van der Waals surface area contributed by atoms with E-state index in [0.717, 1.165) is 12.0 Å². The SMILES string of the molecule is NC(=O)c1[nH]c2ccc(Cl)cc2c1S(=O)(=O)N1CCC(F)(CCCc2ccccc2)CC1. The number of nitrogens with one attached hydrogen (secondary N) is 1. The van der Waals surface area contributed by atoms with Crippen LogP contribution in [0.25, 0.3) is 10.9 Å². The number of nitrogens with two attached hydrogens (primary N) is 1. The number of carbonyl (C=O) groups excluding carboxylic acids is 1. The number of rotatable bonds is 7. The van der Waals surface area contributed by atoms with Crippen molar-refractivity contribution in [1.29, 1.82) is 0 Å². The number of aryl methyl sites for hydroxylation is 1. The van der Waals surface area contributed by atoms with Gasteiger partial charge < -0.3 is 10.7 Å². The van der Waals surface area contributed by atoms with Gasteiger partial charge in [-0.25, -0.2) is 12.8 Å². The number of sulfonamides is 1. The number of aromatic amines is 1. The van der Waals surface area contributed by atoms with Gasteiger partial charge >= 0.3 is 0 Å². The van der Waals surface area contributed by atoms with Crippen LogP contribution in [0, 0.1) is 0 Å². The van der Waals surface area contributed by atoms with Crippen molar-refractivity contribution in [2.75, 3.05) is 13.1 Å². The smallest absolute Gasteiger partial charge is 0.266 e. The third-order valence-electron chi connectivity index (χ3n) is 6.11. The van der Waals surface area contributed by atoms with E-state index in [0.29, 0.717) is 28.8 Å². The molecule has 1 aliphatic heterocycles. The van der Waals surface area contributed by atoms with Crippen molar-refractivity contribution in [3.05, 3.63) is 64.8 Å². The van der Waals surface area contributed by atoms with Gasteiger partial charge in [-0.3, -0.25) is 4.79 Å². The number of alkyl halides is 1. The molecule has 2 aromatic carbocycles. The summed E-state index contributed by atoms with van der Waals surface area (Å²) < 4.78 is 43.5. The number of primary amides is 1. The van der Waals surface area contributed by atoms with E-state index in [1.807, 2.05) is 30.3 Å². The maximum atomic E-state index is 15.4. The Labute approximate surface area is 191 Å². The topological polar surface area (TPSA) is 96.3 Å². The van der Waals surface area contributed by atoms with Crippen molar-refractivity contribution < 1.29 is 17.6 Å². The van der Waals surface area contributed by atoms with Gasteiger partial charge in [0.2, 0.25) is 10.0 Å². The largest absolute Gasteiger partial charge is 0.364 e. The minimum Gasteiger partial charge on any atom is -0.364 e. The lowest BCUT2D eigenvalue weighted by Gasteiger charge is -2.35. The van der Waals surface area contributed by atoms with E-state index in [-0.39, 0.29) is 36.5 Å². The van der Waals surface area contributed by atoms with Crippen molar-refractivity contribution in [3.8, 4) is 0 Å². The number of hydrogen-bond acceptors (Lipinski definition) is 3. The van der Waals surface area contributed by atoms with E-state index in [1.54, 1.807) is 12.1 Å². The van der Waals surface area contributed by atoms with Gasteiger partial charge in [0.15, 0.2) is 0 Å². The highest BCUT2D eigenvalue weighted by molar-refractivity contribution is 7.89. The summed E-state index contributed by atoms with van der Waals surface area (Å²) in [6.45, 7) is 0.0746. The summed E-state index contributed by atoms with van der Waals surface area (Å²) in [4.78, 5) is 14.5. The fraction of sp³-hybridized carbons (Fsp3) is 0.348. The molecule has 1 aromatic heterocycles. The van der Waals surface area contributed by atoms with Gasteiger partial charge in [0.1, 0.15) is 16.3 Å². The molecule has 0 radical (unpaired) electrons. The van der Waals surface area contributed by atoms with Crippen LogP contribution in [0.4, 0.5) is 4.39 Å². The molecule has 0 saturated carbocycles. The highest BCUT2D eigenvalue weighted by Crippen LogP contribution is 2.37. The first kappa shape index (κ1) is 22.8. The van der Waals surface area contributed by atoms with Gasteiger partial charge in [-0.15, -0.1) is 0 Å². The summed E-state index contributed by atoms with van der Waals surface area (Å²) in [5.74, 6) is -0.881. The van der Waals surface area contributed by atoms with Crippen molar-refractivity contribution >= 4 is 38.4 Å². The summed E-state index contributed by atoms with van der Waals surface area (Å²) in [6.07, 6.45) is 2.07. The number of nitrogens with zero attached hydrogens (tertiary/aromatic N) is 1. The fourth-order valence-electron chi connectivity index (χ4n) is 4.34.